The molecule has 1 fully saturated rings. The predicted octanol–water partition coefficient (Wildman–Crippen LogP) is 2.58. The van der Waals surface area contributed by atoms with Crippen LogP contribution in [0, 0.1) is 5.41 Å². The SMILES string of the molecule is CCOC(=O)[C@@]12CCC=CC[C@@]1(O)CCCC2. The average molecular weight is 238 g/mol. The summed E-state index contributed by atoms with van der Waals surface area (Å²) in [6.45, 7) is 2.22. The molecule has 0 unspecified atom stereocenters. The zero-order valence-corrected chi connectivity index (χ0v) is 10.6. The average Bonchev–Trinajstić information content (AvgIpc) is 2.48. The standard InChI is InChI=1S/C14H22O3/c1-2-17-12(15)13-8-4-3-5-10-14(13,16)11-7-6-9-13/h3,5,16H,2,4,6-11H2,1H3/t13-,14+/m0/s1. The van der Waals surface area contributed by atoms with E-state index < -0.39 is 11.0 Å². The number of fused-ring (bicyclic) bond motifs is 1. The Labute approximate surface area is 103 Å². The molecule has 3 nitrogen and oxygen atoms in total. The molecule has 0 heterocycles. The lowest BCUT2D eigenvalue weighted by Crippen LogP contribution is -2.55. The first-order chi connectivity index (χ1) is 8.15. The second kappa shape index (κ2) is 4.81. The highest BCUT2D eigenvalue weighted by atomic mass is 16.5. The minimum atomic E-state index is -0.884. The summed E-state index contributed by atoms with van der Waals surface area (Å²) in [5.74, 6) is -0.189. The first kappa shape index (κ1) is 12.6. The largest absolute Gasteiger partial charge is 0.465 e. The van der Waals surface area contributed by atoms with Gasteiger partial charge in [0.15, 0.2) is 0 Å². The monoisotopic (exact) mass is 238 g/mol. The molecule has 0 aromatic carbocycles. The fourth-order valence-corrected chi connectivity index (χ4v) is 3.36. The molecule has 1 saturated carbocycles. The van der Waals surface area contributed by atoms with Crippen LogP contribution in [-0.4, -0.2) is 23.3 Å². The van der Waals surface area contributed by atoms with Crippen molar-refractivity contribution in [3.63, 3.8) is 0 Å². The number of hydrogen-bond donors (Lipinski definition) is 1. The maximum Gasteiger partial charge on any atom is 0.315 e. The number of ether oxygens (including phenoxy) is 1. The highest BCUT2D eigenvalue weighted by Gasteiger charge is 2.56. The minimum absolute atomic E-state index is 0.189. The van der Waals surface area contributed by atoms with Gasteiger partial charge in [-0.2, -0.15) is 0 Å². The molecule has 2 aliphatic rings. The Hall–Kier alpha value is -0.830. The van der Waals surface area contributed by atoms with Gasteiger partial charge >= 0.3 is 5.97 Å². The predicted molar refractivity (Wildman–Crippen MR) is 65.5 cm³/mol. The summed E-state index contributed by atoms with van der Waals surface area (Å²) < 4.78 is 5.24. The first-order valence-electron chi connectivity index (χ1n) is 6.69. The summed E-state index contributed by atoms with van der Waals surface area (Å²) in [6.07, 6.45) is 9.78. The number of carbonyl (C=O) groups excluding carboxylic acids is 1. The fourth-order valence-electron chi connectivity index (χ4n) is 3.36. The van der Waals surface area contributed by atoms with Gasteiger partial charge in [0.2, 0.25) is 0 Å². The minimum Gasteiger partial charge on any atom is -0.465 e. The van der Waals surface area contributed by atoms with E-state index in [9.17, 15) is 9.90 Å². The molecule has 0 aromatic rings. The van der Waals surface area contributed by atoms with Crippen LogP contribution in [0.25, 0.3) is 0 Å². The van der Waals surface area contributed by atoms with Crippen LogP contribution >= 0.6 is 0 Å². The molecular weight excluding hydrogens is 216 g/mol. The number of aliphatic hydroxyl groups is 1. The van der Waals surface area contributed by atoms with Crippen molar-refractivity contribution >= 4 is 5.97 Å². The van der Waals surface area contributed by atoms with Gasteiger partial charge in [-0.15, -0.1) is 0 Å². The van der Waals surface area contributed by atoms with Crippen LogP contribution in [0.5, 0.6) is 0 Å². The Kier molecular flexibility index (Phi) is 3.57. The second-order valence-electron chi connectivity index (χ2n) is 5.26. The number of rotatable bonds is 2. The van der Waals surface area contributed by atoms with Gasteiger partial charge < -0.3 is 9.84 Å². The van der Waals surface area contributed by atoms with Gasteiger partial charge in [-0.1, -0.05) is 25.0 Å². The third-order valence-electron chi connectivity index (χ3n) is 4.36. The molecule has 0 aromatic heterocycles. The normalized spacial score (nSPS) is 37.1. The highest BCUT2D eigenvalue weighted by Crippen LogP contribution is 2.51. The van der Waals surface area contributed by atoms with Gasteiger partial charge in [0.05, 0.1) is 17.6 Å². The molecule has 3 heteroatoms. The fraction of sp³-hybridized carbons (Fsp3) is 0.786. The summed E-state index contributed by atoms with van der Waals surface area (Å²) in [5, 5.41) is 10.9. The van der Waals surface area contributed by atoms with E-state index >= 15 is 0 Å². The van der Waals surface area contributed by atoms with E-state index in [1.807, 2.05) is 13.0 Å². The molecule has 2 atom stereocenters. The van der Waals surface area contributed by atoms with Crippen LogP contribution < -0.4 is 0 Å². The first-order valence-corrected chi connectivity index (χ1v) is 6.69. The summed E-state index contributed by atoms with van der Waals surface area (Å²) in [7, 11) is 0. The summed E-state index contributed by atoms with van der Waals surface area (Å²) in [5.41, 5.74) is -1.55. The molecule has 0 spiro atoms. The lowest BCUT2D eigenvalue weighted by molar-refractivity contribution is -0.184. The molecular formula is C14H22O3. The maximum absolute atomic E-state index is 12.3. The quantitative estimate of drug-likeness (QED) is 0.594. The van der Waals surface area contributed by atoms with Crippen molar-refractivity contribution in [2.45, 2.75) is 57.5 Å². The lowest BCUT2D eigenvalue weighted by atomic mass is 9.60. The van der Waals surface area contributed by atoms with Crippen LogP contribution in [0.4, 0.5) is 0 Å². The van der Waals surface area contributed by atoms with E-state index in [0.717, 1.165) is 38.5 Å². The number of esters is 1. The Morgan fingerprint density at radius 2 is 2.06 bits per heavy atom. The molecule has 0 amide bonds. The van der Waals surface area contributed by atoms with E-state index in [1.54, 1.807) is 0 Å². The Morgan fingerprint density at radius 1 is 1.29 bits per heavy atom. The Bertz CT molecular complexity index is 323. The van der Waals surface area contributed by atoms with Crippen LogP contribution in [0.3, 0.4) is 0 Å². The van der Waals surface area contributed by atoms with Crippen LogP contribution in [-0.2, 0) is 9.53 Å². The molecule has 2 aliphatic carbocycles. The Balaban J connectivity index is 2.32. The molecule has 0 radical (unpaired) electrons. The molecule has 0 aliphatic heterocycles. The smallest absolute Gasteiger partial charge is 0.315 e. The van der Waals surface area contributed by atoms with Crippen molar-refractivity contribution in [2.24, 2.45) is 5.41 Å². The number of allylic oxidation sites excluding steroid dienone is 1. The van der Waals surface area contributed by atoms with E-state index in [2.05, 4.69) is 6.08 Å². The van der Waals surface area contributed by atoms with Crippen molar-refractivity contribution in [3.05, 3.63) is 12.2 Å². The van der Waals surface area contributed by atoms with E-state index in [0.29, 0.717) is 13.0 Å². The molecule has 1 N–H and O–H groups in total. The molecule has 96 valence electrons. The second-order valence-corrected chi connectivity index (χ2v) is 5.26. The van der Waals surface area contributed by atoms with Gasteiger partial charge in [-0.3, -0.25) is 4.79 Å². The highest BCUT2D eigenvalue weighted by molar-refractivity contribution is 5.79. The molecule has 0 saturated heterocycles. The van der Waals surface area contributed by atoms with Crippen molar-refractivity contribution in [1.82, 2.24) is 0 Å². The van der Waals surface area contributed by atoms with Crippen molar-refractivity contribution in [2.75, 3.05) is 6.61 Å². The molecule has 2 rings (SSSR count). The topological polar surface area (TPSA) is 46.5 Å². The van der Waals surface area contributed by atoms with Gasteiger partial charge in [-0.05, 0) is 39.0 Å². The summed E-state index contributed by atoms with van der Waals surface area (Å²) >= 11 is 0. The van der Waals surface area contributed by atoms with Crippen molar-refractivity contribution in [1.29, 1.82) is 0 Å². The van der Waals surface area contributed by atoms with Gasteiger partial charge in [0, 0.05) is 0 Å². The summed E-state index contributed by atoms with van der Waals surface area (Å²) in [6, 6.07) is 0. The third kappa shape index (κ3) is 2.01. The lowest BCUT2D eigenvalue weighted by Gasteiger charge is -2.47. The maximum atomic E-state index is 12.3. The van der Waals surface area contributed by atoms with E-state index in [-0.39, 0.29) is 5.97 Å². The van der Waals surface area contributed by atoms with Crippen molar-refractivity contribution < 1.29 is 14.6 Å². The Morgan fingerprint density at radius 3 is 2.82 bits per heavy atom. The zero-order valence-electron chi connectivity index (χ0n) is 10.6. The van der Waals surface area contributed by atoms with Crippen LogP contribution in [0.2, 0.25) is 0 Å². The van der Waals surface area contributed by atoms with Crippen LogP contribution in [0.15, 0.2) is 12.2 Å². The van der Waals surface area contributed by atoms with Gasteiger partial charge in [0.25, 0.3) is 0 Å². The van der Waals surface area contributed by atoms with Gasteiger partial charge in [-0.25, -0.2) is 0 Å². The van der Waals surface area contributed by atoms with Crippen molar-refractivity contribution in [3.8, 4) is 0 Å². The van der Waals surface area contributed by atoms with E-state index in [4.69, 9.17) is 4.74 Å². The molecule has 0 bridgehead atoms. The number of hydrogen-bond acceptors (Lipinski definition) is 3. The molecule has 17 heavy (non-hydrogen) atoms. The number of carbonyl (C=O) groups is 1. The van der Waals surface area contributed by atoms with E-state index in [1.165, 1.54) is 0 Å². The summed E-state index contributed by atoms with van der Waals surface area (Å²) in [4.78, 5) is 12.3. The third-order valence-corrected chi connectivity index (χ3v) is 4.36. The van der Waals surface area contributed by atoms with Crippen LogP contribution in [0.1, 0.15) is 51.9 Å². The zero-order chi connectivity index (χ0) is 12.4. The van der Waals surface area contributed by atoms with Gasteiger partial charge in [0.1, 0.15) is 0 Å².